The maximum atomic E-state index is 12.3. The third-order valence-corrected chi connectivity index (χ3v) is 4.66. The first-order valence-corrected chi connectivity index (χ1v) is 10.9. The molecule has 0 fully saturated rings. The zero-order valence-corrected chi connectivity index (χ0v) is 17.8. The molecule has 0 aromatic heterocycles. The fraction of sp³-hybridized carbons (Fsp3) is 0.480. The zero-order chi connectivity index (χ0) is 20.7. The molecule has 0 spiro atoms. The summed E-state index contributed by atoms with van der Waals surface area (Å²) in [5.74, 6) is 1.69. The lowest BCUT2D eigenvalue weighted by Gasteiger charge is -2.09. The van der Waals surface area contributed by atoms with Gasteiger partial charge in [0.2, 0.25) is 0 Å². The summed E-state index contributed by atoms with van der Waals surface area (Å²) in [6.45, 7) is 5.76. The Morgan fingerprint density at radius 3 is 1.72 bits per heavy atom. The topological polar surface area (TPSA) is 44.8 Å². The molecule has 0 bridgehead atoms. The average molecular weight is 399 g/mol. The van der Waals surface area contributed by atoms with Crippen molar-refractivity contribution < 1.29 is 19.0 Å². The molecule has 4 nitrogen and oxygen atoms in total. The molecular weight excluding hydrogens is 364 g/mol. The molecule has 0 N–H and O–H groups in total. The number of carbonyl (C=O) groups excluding carboxylic acids is 1. The van der Waals surface area contributed by atoms with E-state index < -0.39 is 0 Å². The largest absolute Gasteiger partial charge is 0.494 e. The van der Waals surface area contributed by atoms with Crippen molar-refractivity contribution in [1.29, 1.82) is 0 Å². The van der Waals surface area contributed by atoms with Gasteiger partial charge in [0.25, 0.3) is 0 Å². The Labute approximate surface area is 175 Å². The molecule has 0 aliphatic heterocycles. The summed E-state index contributed by atoms with van der Waals surface area (Å²) in [4.78, 5) is 12.3. The fourth-order valence-electron chi connectivity index (χ4n) is 2.86. The van der Waals surface area contributed by atoms with E-state index in [1.54, 1.807) is 36.4 Å². The van der Waals surface area contributed by atoms with Gasteiger partial charge in [-0.2, -0.15) is 0 Å². The van der Waals surface area contributed by atoms with Crippen molar-refractivity contribution >= 4 is 5.97 Å². The van der Waals surface area contributed by atoms with Gasteiger partial charge >= 0.3 is 5.97 Å². The van der Waals surface area contributed by atoms with Gasteiger partial charge in [0.05, 0.1) is 18.8 Å². The molecule has 0 heterocycles. The van der Waals surface area contributed by atoms with E-state index in [4.69, 9.17) is 14.2 Å². The Kier molecular flexibility index (Phi) is 10.7. The lowest BCUT2D eigenvalue weighted by molar-refractivity contribution is 0.0734. The van der Waals surface area contributed by atoms with Crippen molar-refractivity contribution in [2.75, 3.05) is 13.2 Å². The molecule has 0 saturated carbocycles. The second-order valence-corrected chi connectivity index (χ2v) is 7.20. The highest BCUT2D eigenvalue weighted by molar-refractivity contribution is 5.91. The quantitative estimate of drug-likeness (QED) is 0.199. The van der Waals surface area contributed by atoms with Crippen LogP contribution < -0.4 is 14.2 Å². The van der Waals surface area contributed by atoms with Crippen LogP contribution in [0.15, 0.2) is 48.5 Å². The molecule has 29 heavy (non-hydrogen) atoms. The normalized spacial score (nSPS) is 10.6. The van der Waals surface area contributed by atoms with E-state index in [1.807, 2.05) is 12.1 Å². The number of ether oxygens (including phenoxy) is 3. The van der Waals surface area contributed by atoms with Crippen molar-refractivity contribution in [2.24, 2.45) is 0 Å². The third-order valence-electron chi connectivity index (χ3n) is 4.66. The molecule has 0 radical (unpaired) electrons. The second kappa shape index (κ2) is 13.6. The third kappa shape index (κ3) is 9.03. The van der Waals surface area contributed by atoms with Crippen molar-refractivity contribution in [1.82, 2.24) is 0 Å². The highest BCUT2D eigenvalue weighted by atomic mass is 16.5. The van der Waals surface area contributed by atoms with Gasteiger partial charge in [-0.15, -0.1) is 0 Å². The van der Waals surface area contributed by atoms with E-state index in [9.17, 15) is 4.79 Å². The monoisotopic (exact) mass is 398 g/mol. The molecule has 2 aromatic carbocycles. The standard InChI is InChI=1S/C25H34O4/c1-3-5-7-8-9-10-20-28-23-15-17-24(18-16-23)29-25(26)21-11-13-22(14-12-21)27-19-6-4-2/h11-18H,3-10,19-20H2,1-2H3. The second-order valence-electron chi connectivity index (χ2n) is 7.20. The van der Waals surface area contributed by atoms with Crippen LogP contribution in [0, 0.1) is 0 Å². The van der Waals surface area contributed by atoms with Crippen LogP contribution in [0.5, 0.6) is 17.2 Å². The minimum Gasteiger partial charge on any atom is -0.494 e. The van der Waals surface area contributed by atoms with E-state index >= 15 is 0 Å². The minimum absolute atomic E-state index is 0.383. The van der Waals surface area contributed by atoms with Crippen LogP contribution in [-0.2, 0) is 0 Å². The predicted molar refractivity (Wildman–Crippen MR) is 117 cm³/mol. The van der Waals surface area contributed by atoms with Crippen LogP contribution in [0.1, 0.15) is 75.6 Å². The van der Waals surface area contributed by atoms with Crippen LogP contribution in [-0.4, -0.2) is 19.2 Å². The molecule has 2 rings (SSSR count). The van der Waals surface area contributed by atoms with E-state index in [0.717, 1.165) is 37.4 Å². The van der Waals surface area contributed by atoms with Crippen LogP contribution in [0.4, 0.5) is 0 Å². The number of rotatable bonds is 14. The van der Waals surface area contributed by atoms with Gasteiger partial charge in [0.15, 0.2) is 0 Å². The predicted octanol–water partition coefficient (Wildman–Crippen LogP) is 6.82. The lowest BCUT2D eigenvalue weighted by atomic mass is 10.1. The van der Waals surface area contributed by atoms with Crippen molar-refractivity contribution in [3.63, 3.8) is 0 Å². The highest BCUT2D eigenvalue weighted by Gasteiger charge is 2.09. The van der Waals surface area contributed by atoms with Crippen molar-refractivity contribution in [3.8, 4) is 17.2 Å². The van der Waals surface area contributed by atoms with E-state index in [1.165, 1.54) is 32.1 Å². The van der Waals surface area contributed by atoms with Gasteiger partial charge in [-0.05, 0) is 61.4 Å². The summed E-state index contributed by atoms with van der Waals surface area (Å²) in [5, 5.41) is 0. The Balaban J connectivity index is 1.72. The van der Waals surface area contributed by atoms with E-state index in [2.05, 4.69) is 13.8 Å². The molecule has 0 aliphatic carbocycles. The van der Waals surface area contributed by atoms with Crippen LogP contribution in [0.3, 0.4) is 0 Å². The molecule has 0 saturated heterocycles. The van der Waals surface area contributed by atoms with Crippen LogP contribution in [0.2, 0.25) is 0 Å². The maximum absolute atomic E-state index is 12.3. The molecule has 158 valence electrons. The Bertz CT molecular complexity index is 692. The number of unbranched alkanes of at least 4 members (excludes halogenated alkanes) is 6. The average Bonchev–Trinajstić information content (AvgIpc) is 2.75. The number of hydrogen-bond acceptors (Lipinski definition) is 4. The molecule has 0 amide bonds. The van der Waals surface area contributed by atoms with E-state index in [-0.39, 0.29) is 5.97 Å². The Morgan fingerprint density at radius 1 is 0.621 bits per heavy atom. The van der Waals surface area contributed by atoms with Crippen LogP contribution in [0.25, 0.3) is 0 Å². The molecule has 4 heteroatoms. The van der Waals surface area contributed by atoms with Gasteiger partial charge < -0.3 is 14.2 Å². The highest BCUT2D eigenvalue weighted by Crippen LogP contribution is 2.20. The van der Waals surface area contributed by atoms with Gasteiger partial charge in [-0.3, -0.25) is 0 Å². The van der Waals surface area contributed by atoms with Gasteiger partial charge in [0, 0.05) is 0 Å². The van der Waals surface area contributed by atoms with Gasteiger partial charge in [-0.1, -0.05) is 52.4 Å². The summed E-state index contributed by atoms with van der Waals surface area (Å²) in [5.41, 5.74) is 0.497. The summed E-state index contributed by atoms with van der Waals surface area (Å²) < 4.78 is 16.8. The Morgan fingerprint density at radius 2 is 1.10 bits per heavy atom. The van der Waals surface area contributed by atoms with Crippen molar-refractivity contribution in [2.45, 2.75) is 65.2 Å². The molecular formula is C25H34O4. The van der Waals surface area contributed by atoms with E-state index in [0.29, 0.717) is 17.9 Å². The van der Waals surface area contributed by atoms with Gasteiger partial charge in [-0.25, -0.2) is 4.79 Å². The Hall–Kier alpha value is -2.49. The first-order chi connectivity index (χ1) is 14.2. The van der Waals surface area contributed by atoms with Crippen LogP contribution >= 0.6 is 0 Å². The number of benzene rings is 2. The first kappa shape index (κ1) is 22.8. The SMILES string of the molecule is CCCCCCCCOc1ccc(OC(=O)c2ccc(OCCCC)cc2)cc1. The number of carbonyl (C=O) groups is 1. The molecule has 2 aromatic rings. The summed E-state index contributed by atoms with van der Waals surface area (Å²) in [7, 11) is 0. The maximum Gasteiger partial charge on any atom is 0.343 e. The molecule has 0 aliphatic rings. The summed E-state index contributed by atoms with van der Waals surface area (Å²) in [6.07, 6.45) is 9.56. The number of hydrogen-bond donors (Lipinski definition) is 0. The first-order valence-electron chi connectivity index (χ1n) is 10.9. The zero-order valence-electron chi connectivity index (χ0n) is 17.8. The minimum atomic E-state index is -0.383. The summed E-state index contributed by atoms with van der Waals surface area (Å²) >= 11 is 0. The smallest absolute Gasteiger partial charge is 0.343 e. The van der Waals surface area contributed by atoms with Gasteiger partial charge in [0.1, 0.15) is 17.2 Å². The number of esters is 1. The summed E-state index contributed by atoms with van der Waals surface area (Å²) in [6, 6.07) is 14.2. The van der Waals surface area contributed by atoms with Crippen molar-refractivity contribution in [3.05, 3.63) is 54.1 Å². The molecule has 0 atom stereocenters. The molecule has 0 unspecified atom stereocenters. The fourth-order valence-corrected chi connectivity index (χ4v) is 2.86. The lowest BCUT2D eigenvalue weighted by Crippen LogP contribution is -2.08.